The molecule has 2 N–H and O–H groups in total. The van der Waals surface area contributed by atoms with Gasteiger partial charge in [0.2, 0.25) is 5.91 Å². The van der Waals surface area contributed by atoms with Crippen LogP contribution in [0.3, 0.4) is 0 Å². The van der Waals surface area contributed by atoms with E-state index in [0.29, 0.717) is 6.54 Å². The zero-order valence-corrected chi connectivity index (χ0v) is 16.1. The van der Waals surface area contributed by atoms with Crippen LogP contribution in [0.4, 0.5) is 9.18 Å². The Kier molecular flexibility index (Phi) is 7.18. The van der Waals surface area contributed by atoms with Gasteiger partial charge in [-0.2, -0.15) is 0 Å². The maximum absolute atomic E-state index is 13.7. The molecule has 1 heterocycles. The molecule has 3 rings (SSSR count). The van der Waals surface area contributed by atoms with Crippen molar-refractivity contribution in [1.29, 1.82) is 0 Å². The molecule has 1 aromatic carbocycles. The van der Waals surface area contributed by atoms with E-state index < -0.39 is 17.8 Å². The number of rotatable bonds is 7. The summed E-state index contributed by atoms with van der Waals surface area (Å²) in [5.41, 5.74) is 1.55. The highest BCUT2D eigenvalue weighted by atomic mass is 32.2. The Hall–Kier alpha value is -2.68. The minimum absolute atomic E-state index is 0.0377. The van der Waals surface area contributed by atoms with Crippen molar-refractivity contribution in [2.45, 2.75) is 37.3 Å². The topological polar surface area (TPSA) is 97.1 Å². The number of nitrogens with one attached hydrogen (secondary N) is 2. The number of hydrogen-bond donors (Lipinski definition) is 2. The van der Waals surface area contributed by atoms with Crippen molar-refractivity contribution in [2.75, 3.05) is 12.3 Å². The van der Waals surface area contributed by atoms with Crippen LogP contribution in [0.2, 0.25) is 0 Å². The van der Waals surface area contributed by atoms with E-state index in [0.717, 1.165) is 31.0 Å². The number of thioether (sulfide) groups is 1. The first kappa shape index (κ1) is 20.1. The number of allylic oxidation sites excluding steroid dienone is 1. The van der Waals surface area contributed by atoms with E-state index in [-0.39, 0.29) is 22.4 Å². The summed E-state index contributed by atoms with van der Waals surface area (Å²) in [6, 6.07) is 5.51. The lowest BCUT2D eigenvalue weighted by Crippen LogP contribution is -2.40. The van der Waals surface area contributed by atoms with Gasteiger partial charge in [-0.3, -0.25) is 10.1 Å². The summed E-state index contributed by atoms with van der Waals surface area (Å²) in [7, 11) is 0. The Morgan fingerprint density at radius 2 is 2.07 bits per heavy atom. The Balaban J connectivity index is 1.39. The number of benzene rings is 1. The smallest absolute Gasteiger partial charge is 0.321 e. The number of nitrogens with zero attached hydrogens (tertiary/aromatic N) is 2. The second-order valence-electron chi connectivity index (χ2n) is 6.30. The molecular weight excluding hydrogens is 383 g/mol. The Morgan fingerprint density at radius 3 is 2.86 bits per heavy atom. The van der Waals surface area contributed by atoms with Gasteiger partial charge in [-0.05, 0) is 44.2 Å². The molecule has 1 aliphatic carbocycles. The van der Waals surface area contributed by atoms with Gasteiger partial charge in [-0.15, -0.1) is 10.2 Å². The fraction of sp³-hybridized carbons (Fsp3) is 0.368. The predicted octanol–water partition coefficient (Wildman–Crippen LogP) is 3.68. The lowest BCUT2D eigenvalue weighted by molar-refractivity contribution is -0.117. The van der Waals surface area contributed by atoms with E-state index in [1.165, 1.54) is 30.5 Å². The number of halogens is 1. The normalized spacial score (nSPS) is 13.7. The van der Waals surface area contributed by atoms with Crippen LogP contribution in [0.15, 0.2) is 45.6 Å². The van der Waals surface area contributed by atoms with Gasteiger partial charge in [0.15, 0.2) is 0 Å². The van der Waals surface area contributed by atoms with Crippen molar-refractivity contribution >= 4 is 23.7 Å². The number of urea groups is 1. The third kappa shape index (κ3) is 5.91. The fourth-order valence-corrected chi connectivity index (χ4v) is 3.38. The van der Waals surface area contributed by atoms with Gasteiger partial charge >= 0.3 is 6.03 Å². The predicted molar refractivity (Wildman–Crippen MR) is 103 cm³/mol. The zero-order chi connectivity index (χ0) is 19.8. The quantitative estimate of drug-likeness (QED) is 0.540. The van der Waals surface area contributed by atoms with Crippen molar-refractivity contribution in [3.8, 4) is 11.5 Å². The van der Waals surface area contributed by atoms with E-state index in [9.17, 15) is 14.0 Å². The highest BCUT2D eigenvalue weighted by Crippen LogP contribution is 2.24. The Morgan fingerprint density at radius 1 is 1.21 bits per heavy atom. The lowest BCUT2D eigenvalue weighted by Gasteiger charge is -2.13. The molecule has 2 aromatic rings. The first-order chi connectivity index (χ1) is 13.6. The summed E-state index contributed by atoms with van der Waals surface area (Å²) in [5, 5.41) is 12.6. The molecule has 3 amide bonds. The van der Waals surface area contributed by atoms with Crippen molar-refractivity contribution in [2.24, 2.45) is 0 Å². The monoisotopic (exact) mass is 404 g/mol. The van der Waals surface area contributed by atoms with Crippen LogP contribution < -0.4 is 10.6 Å². The molecular formula is C19H21FN4O3S. The molecule has 0 saturated heterocycles. The molecule has 0 saturated carbocycles. The van der Waals surface area contributed by atoms with Crippen molar-refractivity contribution in [1.82, 2.24) is 20.8 Å². The van der Waals surface area contributed by atoms with Crippen LogP contribution in [-0.2, 0) is 4.79 Å². The summed E-state index contributed by atoms with van der Waals surface area (Å²) in [4.78, 5) is 23.6. The number of carbonyl (C=O) groups excluding carboxylic acids is 2. The van der Waals surface area contributed by atoms with E-state index in [1.807, 2.05) is 0 Å². The third-order valence-corrected chi connectivity index (χ3v) is 5.03. The largest absolute Gasteiger partial charge is 0.411 e. The van der Waals surface area contributed by atoms with Crippen LogP contribution in [-0.4, -0.2) is 34.4 Å². The van der Waals surface area contributed by atoms with Gasteiger partial charge in [0.05, 0.1) is 11.3 Å². The SMILES string of the molecule is O=C(CSc1nnc(-c2ccccc2F)o1)NC(=O)NCCC1=CCCCC1. The van der Waals surface area contributed by atoms with Crippen LogP contribution in [0, 0.1) is 5.82 Å². The molecule has 0 atom stereocenters. The summed E-state index contributed by atoms with van der Waals surface area (Å²) >= 11 is 0.975. The fourth-order valence-electron chi connectivity index (χ4n) is 2.81. The molecule has 0 spiro atoms. The van der Waals surface area contributed by atoms with Crippen LogP contribution in [0.5, 0.6) is 0 Å². The molecule has 0 aliphatic heterocycles. The molecule has 0 bridgehead atoms. The number of carbonyl (C=O) groups is 2. The molecule has 9 heteroatoms. The molecule has 1 aliphatic rings. The first-order valence-electron chi connectivity index (χ1n) is 9.08. The molecule has 0 radical (unpaired) electrons. The standard InChI is InChI=1S/C19H21FN4O3S/c20-15-9-5-4-8-14(15)17-23-24-19(27-17)28-12-16(25)22-18(26)21-11-10-13-6-2-1-3-7-13/h4-6,8-9H,1-3,7,10-12H2,(H2,21,22,25,26). The second-order valence-corrected chi connectivity index (χ2v) is 7.23. The Labute approximate surface area is 166 Å². The summed E-state index contributed by atoms with van der Waals surface area (Å²) in [6.07, 6.45) is 7.64. The number of hydrogen-bond acceptors (Lipinski definition) is 6. The summed E-state index contributed by atoms with van der Waals surface area (Å²) < 4.78 is 19.1. The molecule has 0 unspecified atom stereocenters. The maximum Gasteiger partial charge on any atom is 0.321 e. The van der Waals surface area contributed by atoms with Crippen molar-refractivity contribution in [3.05, 3.63) is 41.7 Å². The molecule has 1 aromatic heterocycles. The van der Waals surface area contributed by atoms with Crippen LogP contribution >= 0.6 is 11.8 Å². The van der Waals surface area contributed by atoms with Gasteiger partial charge in [0.1, 0.15) is 5.82 Å². The molecule has 28 heavy (non-hydrogen) atoms. The van der Waals surface area contributed by atoms with Crippen LogP contribution in [0.1, 0.15) is 32.1 Å². The van der Waals surface area contributed by atoms with Gasteiger partial charge in [-0.1, -0.05) is 35.5 Å². The van der Waals surface area contributed by atoms with Gasteiger partial charge in [-0.25, -0.2) is 9.18 Å². The third-order valence-electron chi connectivity index (χ3n) is 4.21. The molecule has 7 nitrogen and oxygen atoms in total. The summed E-state index contributed by atoms with van der Waals surface area (Å²) in [6.45, 7) is 0.494. The van der Waals surface area contributed by atoms with Crippen molar-refractivity contribution in [3.63, 3.8) is 0 Å². The second kappa shape index (κ2) is 10.0. The number of imide groups is 1. The van der Waals surface area contributed by atoms with E-state index in [2.05, 4.69) is 26.9 Å². The molecule has 0 fully saturated rings. The van der Waals surface area contributed by atoms with Gasteiger partial charge in [0, 0.05) is 6.54 Å². The van der Waals surface area contributed by atoms with E-state index in [4.69, 9.17) is 4.42 Å². The maximum atomic E-state index is 13.7. The van der Waals surface area contributed by atoms with E-state index in [1.54, 1.807) is 12.1 Å². The lowest BCUT2D eigenvalue weighted by atomic mass is 9.97. The number of aromatic nitrogens is 2. The van der Waals surface area contributed by atoms with Crippen molar-refractivity contribution < 1.29 is 18.4 Å². The first-order valence-corrected chi connectivity index (χ1v) is 10.1. The average Bonchev–Trinajstić information content (AvgIpc) is 3.16. The van der Waals surface area contributed by atoms with Gasteiger partial charge in [0.25, 0.3) is 11.1 Å². The van der Waals surface area contributed by atoms with E-state index >= 15 is 0 Å². The molecule has 148 valence electrons. The highest BCUT2D eigenvalue weighted by Gasteiger charge is 2.15. The minimum atomic E-state index is -0.528. The van der Waals surface area contributed by atoms with Gasteiger partial charge < -0.3 is 9.73 Å². The number of amides is 3. The average molecular weight is 404 g/mol. The highest BCUT2D eigenvalue weighted by molar-refractivity contribution is 7.99. The van der Waals surface area contributed by atoms with Crippen LogP contribution in [0.25, 0.3) is 11.5 Å². The Bertz CT molecular complexity index is 868. The zero-order valence-electron chi connectivity index (χ0n) is 15.2. The summed E-state index contributed by atoms with van der Waals surface area (Å²) in [5.74, 6) is -0.987. The minimum Gasteiger partial charge on any atom is -0.411 e.